The third kappa shape index (κ3) is 2.83. The van der Waals surface area contributed by atoms with E-state index in [4.69, 9.17) is 17.2 Å². The van der Waals surface area contributed by atoms with E-state index in [2.05, 4.69) is 12.1 Å². The highest BCUT2D eigenvalue weighted by atomic mass is 32.1. The van der Waals surface area contributed by atoms with Crippen molar-refractivity contribution in [2.75, 3.05) is 0 Å². The highest BCUT2D eigenvalue weighted by Gasteiger charge is 2.62. The SMILES string of the molecule is CC1=Nc2c(sc(=S)n2-c2ccccc2)C(=O)N2C(=O)C3C4c5ccccc5C(c5ccccc54)C3C(=O)N12. The lowest BCUT2D eigenvalue weighted by molar-refractivity contribution is -0.169. The molecule has 2 bridgehead atoms. The molecule has 7 nitrogen and oxygen atoms in total. The van der Waals surface area contributed by atoms with Gasteiger partial charge in [-0.3, -0.25) is 19.0 Å². The fourth-order valence-electron chi connectivity index (χ4n) is 6.95. The van der Waals surface area contributed by atoms with Gasteiger partial charge in [-0.15, -0.1) is 0 Å². The summed E-state index contributed by atoms with van der Waals surface area (Å²) in [6.45, 7) is 1.67. The van der Waals surface area contributed by atoms with Crippen LogP contribution >= 0.6 is 23.6 Å². The normalized spacial score (nSPS) is 24.3. The van der Waals surface area contributed by atoms with Crippen molar-refractivity contribution in [2.45, 2.75) is 18.8 Å². The number of fused-ring (bicyclic) bond motifs is 2. The van der Waals surface area contributed by atoms with Gasteiger partial charge in [-0.25, -0.2) is 4.99 Å². The third-order valence-corrected chi connectivity index (χ3v) is 9.74. The van der Waals surface area contributed by atoms with E-state index in [1.54, 1.807) is 11.5 Å². The van der Waals surface area contributed by atoms with Gasteiger partial charge in [0.15, 0.2) is 9.77 Å². The molecule has 9 rings (SSSR count). The first-order valence-corrected chi connectivity index (χ1v) is 14.0. The van der Waals surface area contributed by atoms with Crippen LogP contribution in [0.3, 0.4) is 0 Å². The number of aromatic nitrogens is 1. The van der Waals surface area contributed by atoms with E-state index in [-0.39, 0.29) is 34.4 Å². The topological polar surface area (TPSA) is 75.0 Å². The van der Waals surface area contributed by atoms with Crippen LogP contribution in [-0.2, 0) is 9.59 Å². The Balaban J connectivity index is 1.34. The highest BCUT2D eigenvalue weighted by Crippen LogP contribution is 2.60. The summed E-state index contributed by atoms with van der Waals surface area (Å²) in [6.07, 6.45) is 0. The molecule has 2 aliphatic heterocycles. The van der Waals surface area contributed by atoms with Crippen LogP contribution in [-0.4, -0.2) is 38.1 Å². The predicted molar refractivity (Wildman–Crippen MR) is 149 cm³/mol. The number of carbonyl (C=O) groups is 3. The van der Waals surface area contributed by atoms with Crippen LogP contribution in [0, 0.1) is 15.8 Å². The number of amides is 3. The van der Waals surface area contributed by atoms with Gasteiger partial charge >= 0.3 is 0 Å². The number of hydrazine groups is 1. The van der Waals surface area contributed by atoms with Crippen LogP contribution in [0.15, 0.2) is 83.9 Å². The zero-order valence-electron chi connectivity index (χ0n) is 20.6. The van der Waals surface area contributed by atoms with Gasteiger partial charge in [0.1, 0.15) is 10.7 Å². The zero-order chi connectivity index (χ0) is 26.6. The first-order chi connectivity index (χ1) is 19.0. The molecule has 3 aliphatic carbocycles. The minimum atomic E-state index is -0.689. The monoisotopic (exact) mass is 548 g/mol. The lowest BCUT2D eigenvalue weighted by Crippen LogP contribution is -2.67. The van der Waals surface area contributed by atoms with Gasteiger partial charge in [0, 0.05) is 17.5 Å². The maximum absolute atomic E-state index is 14.5. The van der Waals surface area contributed by atoms with Crippen molar-refractivity contribution in [1.29, 1.82) is 0 Å². The quantitative estimate of drug-likeness (QED) is 0.230. The molecule has 2 atom stereocenters. The number of thiazole rings is 1. The van der Waals surface area contributed by atoms with Gasteiger partial charge in [-0.2, -0.15) is 10.0 Å². The van der Waals surface area contributed by atoms with E-state index in [9.17, 15) is 14.4 Å². The van der Waals surface area contributed by atoms with Crippen LogP contribution in [0.2, 0.25) is 0 Å². The van der Waals surface area contributed by atoms with Crippen LogP contribution in [0.25, 0.3) is 5.69 Å². The van der Waals surface area contributed by atoms with Gasteiger partial charge in [0.25, 0.3) is 17.7 Å². The van der Waals surface area contributed by atoms with Crippen LogP contribution in [0.1, 0.15) is 50.7 Å². The smallest absolute Gasteiger partial charge is 0.275 e. The number of carbonyl (C=O) groups excluding carboxylic acids is 3. The van der Waals surface area contributed by atoms with Gasteiger partial charge in [-0.05, 0) is 53.5 Å². The van der Waals surface area contributed by atoms with Crippen molar-refractivity contribution < 1.29 is 14.4 Å². The molecule has 1 aromatic heterocycles. The summed E-state index contributed by atoms with van der Waals surface area (Å²) in [5, 5.41) is 2.24. The molecule has 9 heteroatoms. The zero-order valence-corrected chi connectivity index (χ0v) is 22.3. The number of rotatable bonds is 1. The molecule has 2 unspecified atom stereocenters. The standard InChI is InChI=1S/C30H20N4O3S2/c1-15-31-26-25(39-30(38)32(26)16-9-3-2-4-10-16)29(37)34-28(36)24-22-19-13-7-5-11-17(19)21(23(24)27(35)33(15)34)18-12-6-8-14-20(18)22/h2-14,21-24H,1H3. The summed E-state index contributed by atoms with van der Waals surface area (Å²) < 4.78 is 2.17. The van der Waals surface area contributed by atoms with Gasteiger partial charge in [0.2, 0.25) is 0 Å². The number of benzene rings is 3. The average Bonchev–Trinajstić information content (AvgIpc) is 3.24. The second-order valence-corrected chi connectivity index (χ2v) is 11.9. The maximum atomic E-state index is 14.5. The molecule has 3 heterocycles. The first-order valence-electron chi connectivity index (χ1n) is 12.7. The van der Waals surface area contributed by atoms with E-state index < -0.39 is 17.7 Å². The molecule has 0 radical (unpaired) electrons. The van der Waals surface area contributed by atoms with Gasteiger partial charge < -0.3 is 0 Å². The van der Waals surface area contributed by atoms with E-state index >= 15 is 0 Å². The average molecular weight is 549 g/mol. The Bertz CT molecular complexity index is 1810. The Morgan fingerprint density at radius 2 is 1.21 bits per heavy atom. The molecule has 0 saturated carbocycles. The summed E-state index contributed by atoms with van der Waals surface area (Å²) >= 11 is 6.74. The van der Waals surface area contributed by atoms with E-state index in [0.29, 0.717) is 9.77 Å². The lowest BCUT2D eigenvalue weighted by Gasteiger charge is -2.54. The highest BCUT2D eigenvalue weighted by molar-refractivity contribution is 7.73. The summed E-state index contributed by atoms with van der Waals surface area (Å²) in [6, 6.07) is 25.5. The molecule has 190 valence electrons. The Morgan fingerprint density at radius 1 is 0.718 bits per heavy atom. The van der Waals surface area contributed by atoms with Crippen LogP contribution < -0.4 is 0 Å². The number of aliphatic imine (C=N–C) groups is 1. The molecule has 0 spiro atoms. The molecule has 5 aliphatic rings. The fraction of sp³-hybridized carbons (Fsp3) is 0.167. The number of amidine groups is 1. The van der Waals surface area contributed by atoms with E-state index in [1.807, 2.05) is 66.7 Å². The predicted octanol–water partition coefficient (Wildman–Crippen LogP) is 5.58. The molecule has 1 fully saturated rings. The van der Waals surface area contributed by atoms with Gasteiger partial charge in [0.05, 0.1) is 11.8 Å². The van der Waals surface area contributed by atoms with Crippen LogP contribution in [0.4, 0.5) is 5.82 Å². The van der Waals surface area contributed by atoms with Crippen molar-refractivity contribution in [3.05, 3.63) is 110 Å². The minimum absolute atomic E-state index is 0.243. The van der Waals surface area contributed by atoms with E-state index in [0.717, 1.165) is 44.3 Å². The van der Waals surface area contributed by atoms with Crippen molar-refractivity contribution in [1.82, 2.24) is 14.6 Å². The summed E-state index contributed by atoms with van der Waals surface area (Å²) in [4.78, 5) is 48.0. The number of hydrogen-bond donors (Lipinski definition) is 0. The van der Waals surface area contributed by atoms with Crippen LogP contribution in [0.5, 0.6) is 0 Å². The molecule has 4 aromatic rings. The Kier molecular flexibility index (Phi) is 4.61. The number of para-hydroxylation sites is 1. The first kappa shape index (κ1) is 22.7. The van der Waals surface area contributed by atoms with Crippen molar-refractivity contribution in [2.24, 2.45) is 16.8 Å². The molecule has 1 saturated heterocycles. The van der Waals surface area contributed by atoms with Crippen molar-refractivity contribution in [3.63, 3.8) is 0 Å². The molecular formula is C30H20N4O3S2. The van der Waals surface area contributed by atoms with Crippen molar-refractivity contribution in [3.8, 4) is 5.69 Å². The fourth-order valence-corrected chi connectivity index (χ4v) is 8.26. The summed E-state index contributed by atoms with van der Waals surface area (Å²) in [5.41, 5.74) is 5.01. The summed E-state index contributed by atoms with van der Waals surface area (Å²) in [5.74, 6) is -2.54. The third-order valence-electron chi connectivity index (χ3n) is 8.39. The van der Waals surface area contributed by atoms with Crippen molar-refractivity contribution >= 4 is 52.9 Å². The Labute approximate surface area is 232 Å². The number of hydrogen-bond acceptors (Lipinski definition) is 6. The second kappa shape index (κ2) is 7.91. The number of imide groups is 1. The van der Waals surface area contributed by atoms with E-state index in [1.165, 1.54) is 5.01 Å². The maximum Gasteiger partial charge on any atom is 0.294 e. The molecule has 3 amide bonds. The lowest BCUT2D eigenvalue weighted by atomic mass is 9.53. The molecule has 39 heavy (non-hydrogen) atoms. The minimum Gasteiger partial charge on any atom is -0.275 e. The molecular weight excluding hydrogens is 528 g/mol. The number of nitrogens with zero attached hydrogens (tertiary/aromatic N) is 4. The second-order valence-electron chi connectivity index (χ2n) is 10.2. The Hall–Kier alpha value is -4.21. The largest absolute Gasteiger partial charge is 0.294 e. The molecule has 0 N–H and O–H groups in total. The van der Waals surface area contributed by atoms with Gasteiger partial charge in [-0.1, -0.05) is 78.1 Å². The molecule has 3 aromatic carbocycles. The Morgan fingerprint density at radius 3 is 1.74 bits per heavy atom. The summed E-state index contributed by atoms with van der Waals surface area (Å²) in [7, 11) is 0.